The average Bonchev–Trinajstić information content (AvgIpc) is 2.75. The summed E-state index contributed by atoms with van der Waals surface area (Å²) in [5, 5.41) is 9.77. The number of carbonyl (C=O) groups is 1. The number of fused-ring (bicyclic) bond motifs is 1. The van der Waals surface area contributed by atoms with Crippen molar-refractivity contribution in [2.75, 3.05) is 31.4 Å². The van der Waals surface area contributed by atoms with E-state index < -0.39 is 0 Å². The summed E-state index contributed by atoms with van der Waals surface area (Å²) in [5.41, 5.74) is 2.11. The zero-order chi connectivity index (χ0) is 22.4. The number of amides is 1. The van der Waals surface area contributed by atoms with Crippen LogP contribution in [0.2, 0.25) is 5.02 Å². The third-order valence-corrected chi connectivity index (χ3v) is 4.68. The van der Waals surface area contributed by atoms with Crippen molar-refractivity contribution in [3.05, 3.63) is 41.0 Å². The Bertz CT molecular complexity index is 1080. The fraction of sp³-hybridized carbons (Fsp3) is 0.333. The van der Waals surface area contributed by atoms with Gasteiger partial charge < -0.3 is 25.4 Å². The molecule has 0 spiro atoms. The number of methoxy groups -OCH3 is 2. The van der Waals surface area contributed by atoms with E-state index in [-0.39, 0.29) is 11.9 Å². The summed E-state index contributed by atoms with van der Waals surface area (Å²) in [7, 11) is 3.22. The van der Waals surface area contributed by atoms with Crippen molar-refractivity contribution in [2.24, 2.45) is 0 Å². The van der Waals surface area contributed by atoms with Crippen LogP contribution in [-0.2, 0) is 11.3 Å². The summed E-state index contributed by atoms with van der Waals surface area (Å²) in [6, 6.07) is 7.25. The van der Waals surface area contributed by atoms with Crippen LogP contribution in [0, 0.1) is 0 Å². The van der Waals surface area contributed by atoms with Crippen molar-refractivity contribution in [1.29, 1.82) is 0 Å². The number of pyridine rings is 1. The van der Waals surface area contributed by atoms with Gasteiger partial charge in [-0.3, -0.25) is 4.79 Å². The molecule has 1 aromatic carbocycles. The number of hydrogen-bond acceptors (Lipinski definition) is 8. The van der Waals surface area contributed by atoms with Gasteiger partial charge in [-0.2, -0.15) is 4.98 Å². The highest BCUT2D eigenvalue weighted by atomic mass is 35.5. The molecule has 0 aliphatic rings. The van der Waals surface area contributed by atoms with Crippen LogP contribution in [-0.4, -0.2) is 47.7 Å². The zero-order valence-corrected chi connectivity index (χ0v) is 18.6. The molecule has 3 N–H and O–H groups in total. The maximum absolute atomic E-state index is 11.2. The van der Waals surface area contributed by atoms with Crippen molar-refractivity contribution in [1.82, 2.24) is 20.3 Å². The third kappa shape index (κ3) is 5.85. The molecule has 0 fully saturated rings. The predicted molar refractivity (Wildman–Crippen MR) is 121 cm³/mol. The van der Waals surface area contributed by atoms with Crippen LogP contribution in [0.25, 0.3) is 11.0 Å². The van der Waals surface area contributed by atoms with Gasteiger partial charge in [-0.05, 0) is 25.1 Å². The maximum atomic E-state index is 11.2. The molecule has 164 valence electrons. The molecule has 1 amide bonds. The van der Waals surface area contributed by atoms with E-state index in [2.05, 4.69) is 30.9 Å². The lowest BCUT2D eigenvalue weighted by Crippen LogP contribution is -2.33. The fourth-order valence-electron chi connectivity index (χ4n) is 2.93. The molecule has 2 heterocycles. The molecule has 0 aliphatic heterocycles. The molecule has 9 nitrogen and oxygen atoms in total. The van der Waals surface area contributed by atoms with Crippen LogP contribution in [0.3, 0.4) is 0 Å². The van der Waals surface area contributed by atoms with Gasteiger partial charge >= 0.3 is 0 Å². The van der Waals surface area contributed by atoms with E-state index in [4.69, 9.17) is 21.1 Å². The minimum Gasteiger partial charge on any atom is -0.497 e. The van der Waals surface area contributed by atoms with Gasteiger partial charge in [-0.25, -0.2) is 9.97 Å². The van der Waals surface area contributed by atoms with E-state index in [0.717, 1.165) is 5.56 Å². The number of anilines is 2. The first kappa shape index (κ1) is 22.4. The lowest BCUT2D eigenvalue weighted by Gasteiger charge is -2.17. The summed E-state index contributed by atoms with van der Waals surface area (Å²) in [6.07, 6.45) is 1.55. The molecule has 0 saturated heterocycles. The molecule has 10 heteroatoms. The summed E-state index contributed by atoms with van der Waals surface area (Å²) < 4.78 is 10.7. The molecule has 0 radical (unpaired) electrons. The van der Waals surface area contributed by atoms with Crippen molar-refractivity contribution in [3.63, 3.8) is 0 Å². The molecule has 1 unspecified atom stereocenters. The SMILES string of the molecule is COc1ccc(CNc2nc(NC(C)CNC(C)=O)c3ncc(Cl)cc3n2)c(OC)c1. The second-order valence-corrected chi connectivity index (χ2v) is 7.37. The van der Waals surface area contributed by atoms with Gasteiger partial charge in [-0.15, -0.1) is 0 Å². The van der Waals surface area contributed by atoms with Crippen LogP contribution in [0.15, 0.2) is 30.5 Å². The first-order valence-corrected chi connectivity index (χ1v) is 10.1. The normalized spacial score (nSPS) is 11.6. The smallest absolute Gasteiger partial charge is 0.225 e. The number of benzene rings is 1. The van der Waals surface area contributed by atoms with Crippen molar-refractivity contribution in [3.8, 4) is 11.5 Å². The quantitative estimate of drug-likeness (QED) is 0.461. The molecule has 0 aliphatic carbocycles. The van der Waals surface area contributed by atoms with Crippen LogP contribution >= 0.6 is 11.6 Å². The Kier molecular flexibility index (Phi) is 7.30. The first-order chi connectivity index (χ1) is 14.9. The topological polar surface area (TPSA) is 110 Å². The molecule has 3 aromatic rings. The highest BCUT2D eigenvalue weighted by molar-refractivity contribution is 6.31. The molecular weight excluding hydrogens is 420 g/mol. The van der Waals surface area contributed by atoms with E-state index in [1.807, 2.05) is 25.1 Å². The Morgan fingerprint density at radius 3 is 2.71 bits per heavy atom. The Hall–Kier alpha value is -3.33. The van der Waals surface area contributed by atoms with Crippen LogP contribution in [0.1, 0.15) is 19.4 Å². The minimum atomic E-state index is -0.0955. The predicted octanol–water partition coefficient (Wildman–Crippen LogP) is 3.24. The van der Waals surface area contributed by atoms with E-state index in [0.29, 0.717) is 52.4 Å². The highest BCUT2D eigenvalue weighted by Crippen LogP contribution is 2.26. The highest BCUT2D eigenvalue weighted by Gasteiger charge is 2.13. The largest absolute Gasteiger partial charge is 0.497 e. The van der Waals surface area contributed by atoms with Gasteiger partial charge in [0.05, 0.1) is 24.8 Å². The van der Waals surface area contributed by atoms with Gasteiger partial charge in [-0.1, -0.05) is 11.6 Å². The number of carbonyl (C=O) groups excluding carboxylic acids is 1. The Morgan fingerprint density at radius 1 is 1.19 bits per heavy atom. The minimum absolute atomic E-state index is 0.0750. The van der Waals surface area contributed by atoms with E-state index in [1.165, 1.54) is 6.92 Å². The molecule has 31 heavy (non-hydrogen) atoms. The van der Waals surface area contributed by atoms with Crippen molar-refractivity contribution < 1.29 is 14.3 Å². The Balaban J connectivity index is 1.86. The fourth-order valence-corrected chi connectivity index (χ4v) is 3.08. The zero-order valence-electron chi connectivity index (χ0n) is 17.8. The number of hydrogen-bond donors (Lipinski definition) is 3. The van der Waals surface area contributed by atoms with Gasteiger partial charge in [0.25, 0.3) is 0 Å². The lowest BCUT2D eigenvalue weighted by atomic mass is 10.2. The molecular formula is C21H25ClN6O3. The molecule has 3 rings (SSSR count). The second-order valence-electron chi connectivity index (χ2n) is 6.93. The number of rotatable bonds is 9. The molecule has 0 bridgehead atoms. The number of ether oxygens (including phenoxy) is 2. The summed E-state index contributed by atoms with van der Waals surface area (Å²) in [5.74, 6) is 2.26. The van der Waals surface area contributed by atoms with Gasteiger partial charge in [0.1, 0.15) is 17.0 Å². The van der Waals surface area contributed by atoms with Crippen LogP contribution < -0.4 is 25.4 Å². The monoisotopic (exact) mass is 444 g/mol. The standard InChI is InChI=1S/C21H25ClN6O3/c1-12(9-23-13(2)29)26-20-19-17(7-15(22)11-24-19)27-21(28-20)25-10-14-5-6-16(30-3)8-18(14)31-4/h5-8,11-12H,9-10H2,1-4H3,(H,23,29)(H2,25,26,27,28). The van der Waals surface area contributed by atoms with Gasteiger partial charge in [0.2, 0.25) is 11.9 Å². The van der Waals surface area contributed by atoms with E-state index in [9.17, 15) is 4.79 Å². The maximum Gasteiger partial charge on any atom is 0.225 e. The Labute approximate surface area is 185 Å². The number of halogens is 1. The van der Waals surface area contributed by atoms with E-state index in [1.54, 1.807) is 26.5 Å². The summed E-state index contributed by atoms with van der Waals surface area (Å²) in [6.45, 7) is 4.30. The number of aromatic nitrogens is 3. The molecule has 0 saturated carbocycles. The van der Waals surface area contributed by atoms with E-state index >= 15 is 0 Å². The Morgan fingerprint density at radius 2 is 2.00 bits per heavy atom. The lowest BCUT2D eigenvalue weighted by molar-refractivity contribution is -0.118. The van der Waals surface area contributed by atoms with Crippen molar-refractivity contribution >= 4 is 40.3 Å². The first-order valence-electron chi connectivity index (χ1n) is 9.68. The van der Waals surface area contributed by atoms with Crippen LogP contribution in [0.4, 0.5) is 11.8 Å². The molecule has 1 atom stereocenters. The molecule has 2 aromatic heterocycles. The van der Waals surface area contributed by atoms with Gasteiger partial charge in [0.15, 0.2) is 5.82 Å². The summed E-state index contributed by atoms with van der Waals surface area (Å²) in [4.78, 5) is 24.7. The number of nitrogens with one attached hydrogen (secondary N) is 3. The second kappa shape index (κ2) is 10.1. The summed E-state index contributed by atoms with van der Waals surface area (Å²) >= 11 is 6.12. The average molecular weight is 445 g/mol. The third-order valence-electron chi connectivity index (χ3n) is 4.47. The number of nitrogens with zero attached hydrogens (tertiary/aromatic N) is 3. The van der Waals surface area contributed by atoms with Crippen molar-refractivity contribution in [2.45, 2.75) is 26.4 Å². The van der Waals surface area contributed by atoms with Gasteiger partial charge in [0, 0.05) is 43.9 Å². The van der Waals surface area contributed by atoms with Crippen LogP contribution in [0.5, 0.6) is 11.5 Å².